The van der Waals surface area contributed by atoms with Crippen molar-refractivity contribution in [2.24, 2.45) is 5.73 Å². The zero-order valence-electron chi connectivity index (χ0n) is 17.2. The van der Waals surface area contributed by atoms with Crippen molar-refractivity contribution in [3.8, 4) is 34.1 Å². The molecule has 2 aromatic rings. The summed E-state index contributed by atoms with van der Waals surface area (Å²) in [6, 6.07) is 4.59. The molecule has 164 valence electrons. The van der Waals surface area contributed by atoms with Gasteiger partial charge in [-0.15, -0.1) is 0 Å². The third-order valence-corrected chi connectivity index (χ3v) is 5.06. The van der Waals surface area contributed by atoms with Gasteiger partial charge in [-0.2, -0.15) is 8.42 Å². The molecule has 0 aliphatic rings. The van der Waals surface area contributed by atoms with Crippen LogP contribution in [0, 0.1) is 0 Å². The molecular weight excluding hydrogens is 416 g/mol. The van der Waals surface area contributed by atoms with Gasteiger partial charge in [-0.25, -0.2) is 0 Å². The van der Waals surface area contributed by atoms with E-state index in [1.165, 1.54) is 41.4 Å². The number of rotatable bonds is 8. The maximum atomic E-state index is 12.1. The average molecular weight is 440 g/mol. The monoisotopic (exact) mass is 440 g/mol. The zero-order valence-corrected chi connectivity index (χ0v) is 18.0. The van der Waals surface area contributed by atoms with E-state index in [0.717, 1.165) is 6.07 Å². The Morgan fingerprint density at radius 2 is 1.57 bits per heavy atom. The van der Waals surface area contributed by atoms with Crippen molar-refractivity contribution in [2.45, 2.75) is 17.9 Å². The van der Waals surface area contributed by atoms with Gasteiger partial charge in [0.15, 0.2) is 11.5 Å². The van der Waals surface area contributed by atoms with Crippen LogP contribution in [0.15, 0.2) is 29.2 Å². The lowest BCUT2D eigenvalue weighted by molar-refractivity contribution is -0.117. The number of hydrogen-bond donors (Lipinski definition) is 3. The van der Waals surface area contributed by atoms with Gasteiger partial charge in [0.05, 0.1) is 45.1 Å². The molecule has 0 unspecified atom stereocenters. The van der Waals surface area contributed by atoms with Crippen LogP contribution in [-0.2, 0) is 14.9 Å². The normalized spacial score (nSPS) is 12.1. The lowest BCUT2D eigenvalue weighted by Crippen LogP contribution is -2.32. The highest BCUT2D eigenvalue weighted by molar-refractivity contribution is 7.85. The first-order chi connectivity index (χ1) is 14.1. The Balaban J connectivity index is 2.90. The molecule has 0 spiro atoms. The van der Waals surface area contributed by atoms with Crippen LogP contribution in [-0.4, -0.2) is 53.4 Å². The Bertz CT molecular complexity index is 1050. The number of benzene rings is 2. The molecule has 2 rings (SSSR count). The maximum absolute atomic E-state index is 12.1. The fourth-order valence-corrected chi connectivity index (χ4v) is 3.36. The summed E-state index contributed by atoms with van der Waals surface area (Å²) in [5, 5.41) is 2.51. The van der Waals surface area contributed by atoms with Crippen LogP contribution < -0.4 is 30.0 Å². The second kappa shape index (κ2) is 9.20. The Hall–Kier alpha value is -3.02. The van der Waals surface area contributed by atoms with E-state index >= 15 is 0 Å². The molecule has 11 heteroatoms. The summed E-state index contributed by atoms with van der Waals surface area (Å²) < 4.78 is 54.9. The summed E-state index contributed by atoms with van der Waals surface area (Å²) in [6.07, 6.45) is 0. The van der Waals surface area contributed by atoms with Crippen LogP contribution in [0.2, 0.25) is 0 Å². The fourth-order valence-electron chi connectivity index (χ4n) is 2.82. The molecule has 0 bridgehead atoms. The van der Waals surface area contributed by atoms with E-state index in [-0.39, 0.29) is 28.5 Å². The van der Waals surface area contributed by atoms with Gasteiger partial charge in [0, 0.05) is 11.1 Å². The van der Waals surface area contributed by atoms with E-state index in [9.17, 15) is 17.8 Å². The molecular formula is C19H24N2O8S. The van der Waals surface area contributed by atoms with E-state index in [1.807, 2.05) is 0 Å². The molecule has 0 aliphatic heterocycles. The molecule has 10 nitrogen and oxygen atoms in total. The van der Waals surface area contributed by atoms with Crippen molar-refractivity contribution in [1.29, 1.82) is 0 Å². The number of amides is 1. The molecule has 0 heterocycles. The molecule has 0 saturated carbocycles. The Kier molecular flexibility index (Phi) is 7.13. The minimum atomic E-state index is -4.62. The lowest BCUT2D eigenvalue weighted by atomic mass is 10.0. The number of carbonyl (C=O) groups is 1. The van der Waals surface area contributed by atoms with Crippen molar-refractivity contribution < 1.29 is 36.7 Å². The number of hydrogen-bond acceptors (Lipinski definition) is 8. The van der Waals surface area contributed by atoms with Gasteiger partial charge < -0.3 is 30.0 Å². The van der Waals surface area contributed by atoms with E-state index in [4.69, 9.17) is 24.7 Å². The molecule has 2 aromatic carbocycles. The highest BCUT2D eigenvalue weighted by Crippen LogP contribution is 2.48. The number of methoxy groups -OCH3 is 4. The van der Waals surface area contributed by atoms with Gasteiger partial charge in [-0.1, -0.05) is 0 Å². The van der Waals surface area contributed by atoms with E-state index in [1.54, 1.807) is 12.1 Å². The van der Waals surface area contributed by atoms with Crippen LogP contribution in [0.4, 0.5) is 5.69 Å². The maximum Gasteiger partial charge on any atom is 0.294 e. The van der Waals surface area contributed by atoms with Crippen LogP contribution in [0.1, 0.15) is 6.92 Å². The second-order valence-corrected chi connectivity index (χ2v) is 7.61. The summed E-state index contributed by atoms with van der Waals surface area (Å²) in [4.78, 5) is 11.7. The Morgan fingerprint density at radius 3 is 2.03 bits per heavy atom. The van der Waals surface area contributed by atoms with Crippen molar-refractivity contribution in [2.75, 3.05) is 33.8 Å². The first-order valence-corrected chi connectivity index (χ1v) is 10.1. The molecule has 4 N–H and O–H groups in total. The van der Waals surface area contributed by atoms with E-state index < -0.39 is 27.0 Å². The van der Waals surface area contributed by atoms with E-state index in [0.29, 0.717) is 11.3 Å². The van der Waals surface area contributed by atoms with Crippen LogP contribution in [0.25, 0.3) is 11.1 Å². The third-order valence-electron chi connectivity index (χ3n) is 4.23. The molecule has 0 fully saturated rings. The minimum Gasteiger partial charge on any atom is -0.494 e. The Labute approximate surface area is 174 Å². The van der Waals surface area contributed by atoms with Gasteiger partial charge in [-0.05, 0) is 31.2 Å². The second-order valence-electron chi connectivity index (χ2n) is 6.19. The molecule has 30 heavy (non-hydrogen) atoms. The number of nitrogens with one attached hydrogen (secondary N) is 1. The fraction of sp³-hybridized carbons (Fsp3) is 0.316. The standard InChI is InChI=1S/C19H24N2O8S/c1-10(20)19(22)21-14-9-11(30(23,24)25)8-13(16(14)27-3)12-6-7-15(26-2)18(29-5)17(12)28-4/h6-10H,20H2,1-5H3,(H,21,22)(H,23,24,25)/t10-/m1/s1. The summed E-state index contributed by atoms with van der Waals surface area (Å²) in [5.74, 6) is 0.423. The van der Waals surface area contributed by atoms with Gasteiger partial charge in [0.1, 0.15) is 5.75 Å². The highest BCUT2D eigenvalue weighted by Gasteiger charge is 2.25. The average Bonchev–Trinajstić information content (AvgIpc) is 2.70. The van der Waals surface area contributed by atoms with Crippen molar-refractivity contribution in [1.82, 2.24) is 0 Å². The number of anilines is 1. The first-order valence-electron chi connectivity index (χ1n) is 8.64. The van der Waals surface area contributed by atoms with E-state index in [2.05, 4.69) is 5.32 Å². The van der Waals surface area contributed by atoms with Gasteiger partial charge in [-0.3, -0.25) is 9.35 Å². The molecule has 0 aromatic heterocycles. The number of carbonyl (C=O) groups excluding carboxylic acids is 1. The molecule has 0 saturated heterocycles. The SMILES string of the molecule is COc1ccc(-c2cc(S(=O)(=O)O)cc(NC(=O)[C@@H](C)N)c2OC)c(OC)c1OC. The van der Waals surface area contributed by atoms with Gasteiger partial charge >= 0.3 is 0 Å². The van der Waals surface area contributed by atoms with Crippen LogP contribution in [0.3, 0.4) is 0 Å². The molecule has 1 amide bonds. The summed E-state index contributed by atoms with van der Waals surface area (Å²) >= 11 is 0. The number of ether oxygens (including phenoxy) is 4. The van der Waals surface area contributed by atoms with Crippen molar-refractivity contribution in [3.05, 3.63) is 24.3 Å². The van der Waals surface area contributed by atoms with Gasteiger partial charge in [0.25, 0.3) is 10.1 Å². The topological polar surface area (TPSA) is 146 Å². The molecule has 0 radical (unpaired) electrons. The predicted molar refractivity (Wildman–Crippen MR) is 110 cm³/mol. The quantitative estimate of drug-likeness (QED) is 0.524. The predicted octanol–water partition coefficient (Wildman–Crippen LogP) is 1.92. The summed E-state index contributed by atoms with van der Waals surface area (Å²) in [6.45, 7) is 1.47. The van der Waals surface area contributed by atoms with Crippen LogP contribution in [0.5, 0.6) is 23.0 Å². The van der Waals surface area contributed by atoms with Crippen molar-refractivity contribution >= 4 is 21.7 Å². The summed E-state index contributed by atoms with van der Waals surface area (Å²) in [7, 11) is 1.01. The lowest BCUT2D eigenvalue weighted by Gasteiger charge is -2.20. The largest absolute Gasteiger partial charge is 0.494 e. The van der Waals surface area contributed by atoms with Gasteiger partial charge in [0.2, 0.25) is 11.7 Å². The van der Waals surface area contributed by atoms with Crippen LogP contribution >= 0.6 is 0 Å². The summed E-state index contributed by atoms with van der Waals surface area (Å²) in [5.41, 5.74) is 6.18. The molecule has 0 aliphatic carbocycles. The highest BCUT2D eigenvalue weighted by atomic mass is 32.2. The van der Waals surface area contributed by atoms with Crippen molar-refractivity contribution in [3.63, 3.8) is 0 Å². The zero-order chi connectivity index (χ0) is 22.6. The third kappa shape index (κ3) is 4.58. The smallest absolute Gasteiger partial charge is 0.294 e. The minimum absolute atomic E-state index is 0.00163. The number of nitrogens with two attached hydrogens (primary N) is 1. The first kappa shape index (κ1) is 23.3. The Morgan fingerprint density at radius 1 is 0.967 bits per heavy atom. The molecule has 1 atom stereocenters.